The van der Waals surface area contributed by atoms with Crippen LogP contribution in [-0.4, -0.2) is 113 Å². The maximum atomic E-state index is 13.9. The molecular formula is C32H37NO12. The van der Waals surface area contributed by atoms with Crippen LogP contribution in [0.4, 0.5) is 0 Å². The molecule has 2 aliphatic heterocycles. The lowest BCUT2D eigenvalue weighted by atomic mass is 9.72. The number of aromatic hydroxyl groups is 2. The van der Waals surface area contributed by atoms with Crippen molar-refractivity contribution in [1.82, 2.24) is 4.90 Å². The molecule has 0 amide bonds. The number of morpholine rings is 1. The minimum atomic E-state index is -2.02. The number of hydrogen-bond donors (Lipinski definition) is 4. The quantitative estimate of drug-likeness (QED) is 0.288. The summed E-state index contributed by atoms with van der Waals surface area (Å²) in [4.78, 5) is 42.2. The Bertz CT molecular complexity index is 1560. The Balaban J connectivity index is 1.43. The van der Waals surface area contributed by atoms with E-state index in [2.05, 4.69) is 0 Å². The number of ether oxygens (including phenoxy) is 5. The SMILES string of the molecule is COc1cccc2c1C(=O)c1c(O)c3c(c(O)c1C2=O)C[C@@](O)(C(C)=O)C[C@@H]3O[C@H]1CC(N2CCOCC2OC)[C@H](O)[C@H](C)O1. The third-order valence-electron chi connectivity index (χ3n) is 9.55. The molecule has 7 atom stereocenters. The van der Waals surface area contributed by atoms with Crippen molar-refractivity contribution < 1.29 is 58.5 Å². The molecule has 13 heteroatoms. The van der Waals surface area contributed by atoms with Crippen LogP contribution in [0.1, 0.15) is 75.8 Å². The van der Waals surface area contributed by atoms with Gasteiger partial charge in [0.1, 0.15) is 29.1 Å². The van der Waals surface area contributed by atoms with Gasteiger partial charge in [0.05, 0.1) is 55.3 Å². The van der Waals surface area contributed by atoms with E-state index in [1.807, 2.05) is 4.90 Å². The molecule has 13 nitrogen and oxygen atoms in total. The summed E-state index contributed by atoms with van der Waals surface area (Å²) in [7, 11) is 2.90. The van der Waals surface area contributed by atoms with Crippen molar-refractivity contribution in [2.24, 2.45) is 0 Å². The second kappa shape index (κ2) is 11.7. The number of rotatable bonds is 6. The summed E-state index contributed by atoms with van der Waals surface area (Å²) in [5.41, 5.74) is -3.05. The lowest BCUT2D eigenvalue weighted by Crippen LogP contribution is -2.61. The monoisotopic (exact) mass is 627 g/mol. The fraction of sp³-hybridized carbons (Fsp3) is 0.531. The van der Waals surface area contributed by atoms with Gasteiger partial charge in [-0.15, -0.1) is 0 Å². The number of aliphatic hydroxyl groups excluding tert-OH is 1. The van der Waals surface area contributed by atoms with Gasteiger partial charge in [-0.25, -0.2) is 0 Å². The van der Waals surface area contributed by atoms with E-state index >= 15 is 0 Å². The Labute approximate surface area is 259 Å². The van der Waals surface area contributed by atoms with Crippen LogP contribution >= 0.6 is 0 Å². The molecule has 0 radical (unpaired) electrons. The molecular weight excluding hydrogens is 590 g/mol. The third-order valence-corrected chi connectivity index (χ3v) is 9.55. The van der Waals surface area contributed by atoms with Crippen molar-refractivity contribution in [3.8, 4) is 17.2 Å². The molecule has 242 valence electrons. The summed E-state index contributed by atoms with van der Waals surface area (Å²) < 4.78 is 28.8. The molecule has 0 aromatic heterocycles. The van der Waals surface area contributed by atoms with Gasteiger partial charge < -0.3 is 44.1 Å². The van der Waals surface area contributed by atoms with Gasteiger partial charge in [0, 0.05) is 55.6 Å². The van der Waals surface area contributed by atoms with E-state index < -0.39 is 88.9 Å². The number of hydrogen-bond acceptors (Lipinski definition) is 13. The largest absolute Gasteiger partial charge is 0.507 e. The van der Waals surface area contributed by atoms with Crippen LogP contribution in [0.3, 0.4) is 0 Å². The Hall–Kier alpha value is -3.43. The smallest absolute Gasteiger partial charge is 0.202 e. The zero-order valence-corrected chi connectivity index (χ0v) is 25.4. The third kappa shape index (κ3) is 5.03. The minimum Gasteiger partial charge on any atom is -0.507 e. The van der Waals surface area contributed by atoms with Gasteiger partial charge in [0.25, 0.3) is 0 Å². The molecule has 2 aromatic carbocycles. The van der Waals surface area contributed by atoms with Crippen molar-refractivity contribution in [2.75, 3.05) is 34.0 Å². The van der Waals surface area contributed by atoms with Crippen LogP contribution in [0.15, 0.2) is 18.2 Å². The maximum absolute atomic E-state index is 13.9. The first-order valence-corrected chi connectivity index (χ1v) is 14.9. The molecule has 4 N–H and O–H groups in total. The van der Waals surface area contributed by atoms with Crippen molar-refractivity contribution in [2.45, 2.75) is 75.6 Å². The van der Waals surface area contributed by atoms with Crippen LogP contribution in [-0.2, 0) is 30.2 Å². The van der Waals surface area contributed by atoms with Crippen LogP contribution in [0.25, 0.3) is 0 Å². The summed E-state index contributed by atoms with van der Waals surface area (Å²) in [6, 6.07) is 3.99. The number of phenolic OH excluding ortho intramolecular Hbond substituents is 2. The minimum absolute atomic E-state index is 0.0152. The number of carbonyl (C=O) groups excluding carboxylic acids is 3. The van der Waals surface area contributed by atoms with Crippen molar-refractivity contribution in [3.63, 3.8) is 0 Å². The Kier molecular flexibility index (Phi) is 8.23. The number of aliphatic hydroxyl groups is 2. The first-order valence-electron chi connectivity index (χ1n) is 14.9. The Morgan fingerprint density at radius 3 is 2.51 bits per heavy atom. The lowest BCUT2D eigenvalue weighted by molar-refractivity contribution is -0.271. The van der Waals surface area contributed by atoms with E-state index in [0.29, 0.717) is 19.8 Å². The number of fused-ring (bicyclic) bond motifs is 3. The average Bonchev–Trinajstić information content (AvgIpc) is 3.02. The second-order valence-corrected chi connectivity index (χ2v) is 12.0. The topological polar surface area (TPSA) is 182 Å². The summed E-state index contributed by atoms with van der Waals surface area (Å²) in [5, 5.41) is 45.8. The van der Waals surface area contributed by atoms with Gasteiger partial charge in [0.2, 0.25) is 5.78 Å². The standard InChI is InChI=1S/C32H37NO12/c1-14-27(35)18(33-8-9-43-13-21(33)42-4)10-22(44-14)45-20-12-32(40,15(2)34)11-17-24(20)31(39)26-25(29(17)37)28(36)16-6-5-7-19(41-3)23(16)30(26)38/h5-7,14,18,20-22,27,35,37,39-40H,8-13H2,1-4H3/t14-,18?,20-,21?,22-,27+,32-/m0/s1. The van der Waals surface area contributed by atoms with E-state index in [4.69, 9.17) is 23.7 Å². The number of Topliss-reactive ketones (excluding diaryl/α,β-unsaturated/α-hetero) is 1. The highest BCUT2D eigenvalue weighted by Gasteiger charge is 2.50. The van der Waals surface area contributed by atoms with E-state index in [-0.39, 0.29) is 40.8 Å². The molecule has 0 saturated carbocycles. The van der Waals surface area contributed by atoms with E-state index in [1.165, 1.54) is 32.2 Å². The molecule has 45 heavy (non-hydrogen) atoms. The van der Waals surface area contributed by atoms with E-state index in [0.717, 1.165) is 0 Å². The van der Waals surface area contributed by atoms with Gasteiger partial charge in [-0.2, -0.15) is 0 Å². The highest BCUT2D eigenvalue weighted by Crippen LogP contribution is 2.52. The zero-order chi connectivity index (χ0) is 32.4. The molecule has 2 aliphatic carbocycles. The van der Waals surface area contributed by atoms with Crippen LogP contribution < -0.4 is 4.74 Å². The molecule has 2 unspecified atom stereocenters. The Morgan fingerprint density at radius 1 is 1.09 bits per heavy atom. The fourth-order valence-corrected chi connectivity index (χ4v) is 7.11. The molecule has 2 aromatic rings. The normalized spacial score (nSPS) is 31.6. The second-order valence-electron chi connectivity index (χ2n) is 12.0. The van der Waals surface area contributed by atoms with Gasteiger partial charge in [-0.05, 0) is 19.9 Å². The number of phenols is 2. The molecule has 2 fully saturated rings. The van der Waals surface area contributed by atoms with Crippen molar-refractivity contribution in [3.05, 3.63) is 51.6 Å². The molecule has 2 saturated heterocycles. The van der Waals surface area contributed by atoms with Crippen molar-refractivity contribution in [1.29, 1.82) is 0 Å². The lowest BCUT2D eigenvalue weighted by Gasteiger charge is -2.48. The summed E-state index contributed by atoms with van der Waals surface area (Å²) in [5.74, 6) is -3.17. The molecule has 0 bridgehead atoms. The summed E-state index contributed by atoms with van der Waals surface area (Å²) in [6.45, 7) is 4.11. The predicted molar refractivity (Wildman–Crippen MR) is 154 cm³/mol. The zero-order valence-electron chi connectivity index (χ0n) is 25.4. The number of nitrogens with zero attached hydrogens (tertiary/aromatic N) is 1. The fourth-order valence-electron chi connectivity index (χ4n) is 7.11. The maximum Gasteiger partial charge on any atom is 0.202 e. The van der Waals surface area contributed by atoms with Gasteiger partial charge in [-0.3, -0.25) is 19.3 Å². The van der Waals surface area contributed by atoms with Crippen LogP contribution in [0.2, 0.25) is 0 Å². The molecule has 2 heterocycles. The molecule has 0 spiro atoms. The van der Waals surface area contributed by atoms with Gasteiger partial charge in [-0.1, -0.05) is 12.1 Å². The van der Waals surface area contributed by atoms with Crippen molar-refractivity contribution >= 4 is 17.3 Å². The Morgan fingerprint density at radius 2 is 1.82 bits per heavy atom. The van der Waals surface area contributed by atoms with E-state index in [9.17, 15) is 34.8 Å². The number of carbonyl (C=O) groups is 3. The number of benzene rings is 2. The first kappa shape index (κ1) is 31.5. The summed E-state index contributed by atoms with van der Waals surface area (Å²) >= 11 is 0. The van der Waals surface area contributed by atoms with E-state index in [1.54, 1.807) is 14.0 Å². The molecule has 4 aliphatic rings. The molecule has 6 rings (SSSR count). The van der Waals surface area contributed by atoms with Gasteiger partial charge >= 0.3 is 0 Å². The summed E-state index contributed by atoms with van der Waals surface area (Å²) in [6.07, 6.45) is -4.89. The van der Waals surface area contributed by atoms with Crippen LogP contribution in [0.5, 0.6) is 17.2 Å². The average molecular weight is 628 g/mol. The number of ketones is 3. The van der Waals surface area contributed by atoms with Gasteiger partial charge in [0.15, 0.2) is 17.9 Å². The predicted octanol–water partition coefficient (Wildman–Crippen LogP) is 1.37. The highest BCUT2D eigenvalue weighted by molar-refractivity contribution is 6.31. The first-order chi connectivity index (χ1) is 21.4. The van der Waals surface area contributed by atoms with Crippen LogP contribution in [0, 0.1) is 0 Å². The highest BCUT2D eigenvalue weighted by atomic mass is 16.7. The number of methoxy groups -OCH3 is 2.